The molecular weight excluding hydrogens is 256 g/mol. The molecule has 1 saturated heterocycles. The molecule has 0 saturated carbocycles. The van der Waals surface area contributed by atoms with Crippen LogP contribution in [0.2, 0.25) is 0 Å². The van der Waals surface area contributed by atoms with Crippen molar-refractivity contribution < 1.29 is 14.0 Å². The van der Waals surface area contributed by atoms with Gasteiger partial charge in [0.05, 0.1) is 19.4 Å². The van der Waals surface area contributed by atoms with Crippen LogP contribution in [0.1, 0.15) is 12.1 Å². The highest BCUT2D eigenvalue weighted by atomic mass is 16.5. The summed E-state index contributed by atoms with van der Waals surface area (Å²) < 4.78 is 15.9. The minimum Gasteiger partial charge on any atom is -0.497 e. The molecule has 1 unspecified atom stereocenters. The van der Waals surface area contributed by atoms with Crippen molar-refractivity contribution in [2.45, 2.75) is 19.0 Å². The molecule has 0 spiro atoms. The number of benzene rings is 1. The maximum Gasteiger partial charge on any atom is 0.167 e. The Labute approximate surface area is 117 Å². The van der Waals surface area contributed by atoms with Gasteiger partial charge in [-0.15, -0.1) is 0 Å². The monoisotopic (exact) mass is 274 g/mol. The smallest absolute Gasteiger partial charge is 0.167 e. The Morgan fingerprint density at radius 2 is 2.35 bits per heavy atom. The molecule has 1 aliphatic rings. The van der Waals surface area contributed by atoms with E-state index in [1.54, 1.807) is 7.11 Å². The van der Waals surface area contributed by atoms with Gasteiger partial charge < -0.3 is 19.3 Å². The van der Waals surface area contributed by atoms with Crippen LogP contribution >= 0.6 is 0 Å². The largest absolute Gasteiger partial charge is 0.497 e. The van der Waals surface area contributed by atoms with Crippen LogP contribution in [0, 0.1) is 0 Å². The molecule has 1 aromatic carbocycles. The van der Waals surface area contributed by atoms with Gasteiger partial charge in [-0.3, -0.25) is 0 Å². The van der Waals surface area contributed by atoms with E-state index in [1.165, 1.54) is 0 Å². The molecule has 20 heavy (non-hydrogen) atoms. The Morgan fingerprint density at radius 3 is 3.15 bits per heavy atom. The zero-order chi connectivity index (χ0) is 13.8. The van der Waals surface area contributed by atoms with E-state index in [4.69, 9.17) is 14.0 Å². The van der Waals surface area contributed by atoms with Crippen LogP contribution in [0.15, 0.2) is 34.9 Å². The summed E-state index contributed by atoms with van der Waals surface area (Å²) in [7, 11) is 1.65. The Hall–Kier alpha value is -1.85. The van der Waals surface area contributed by atoms with Crippen LogP contribution in [0.5, 0.6) is 5.75 Å². The molecule has 1 aromatic heterocycles. The van der Waals surface area contributed by atoms with Crippen molar-refractivity contribution in [1.82, 2.24) is 10.5 Å². The fourth-order valence-corrected chi connectivity index (χ4v) is 2.25. The third-order valence-corrected chi connectivity index (χ3v) is 3.41. The summed E-state index contributed by atoms with van der Waals surface area (Å²) in [6.45, 7) is 2.31. The fraction of sp³-hybridized carbons (Fsp3) is 0.400. The molecule has 0 radical (unpaired) electrons. The average molecular weight is 274 g/mol. The zero-order valence-electron chi connectivity index (χ0n) is 11.5. The van der Waals surface area contributed by atoms with Gasteiger partial charge in [0, 0.05) is 30.8 Å². The zero-order valence-corrected chi connectivity index (χ0v) is 11.5. The molecule has 1 N–H and O–H groups in total. The van der Waals surface area contributed by atoms with Crippen LogP contribution in [-0.4, -0.2) is 31.5 Å². The highest BCUT2D eigenvalue weighted by Gasteiger charge is 2.15. The second-order valence-corrected chi connectivity index (χ2v) is 4.86. The number of methoxy groups -OCH3 is 1. The summed E-state index contributed by atoms with van der Waals surface area (Å²) >= 11 is 0. The predicted molar refractivity (Wildman–Crippen MR) is 74.6 cm³/mol. The molecule has 5 nitrogen and oxygen atoms in total. The van der Waals surface area contributed by atoms with Gasteiger partial charge in [-0.05, 0) is 18.6 Å². The van der Waals surface area contributed by atoms with Crippen molar-refractivity contribution in [3.63, 3.8) is 0 Å². The number of aromatic nitrogens is 1. The minimum atomic E-state index is 0.423. The second kappa shape index (κ2) is 6.07. The molecule has 2 aromatic rings. The van der Waals surface area contributed by atoms with Gasteiger partial charge in [0.25, 0.3) is 0 Å². The first-order chi connectivity index (χ1) is 9.85. The summed E-state index contributed by atoms with van der Waals surface area (Å²) in [6.07, 6.45) is 1.06. The molecular formula is C15H18N2O3. The maximum absolute atomic E-state index is 5.39. The molecule has 3 rings (SSSR count). The Morgan fingerprint density at radius 1 is 1.40 bits per heavy atom. The van der Waals surface area contributed by atoms with E-state index >= 15 is 0 Å². The SMILES string of the molecule is COc1cccc(-c2cc(CNC3CCOC3)no2)c1. The van der Waals surface area contributed by atoms with Crippen molar-refractivity contribution in [2.24, 2.45) is 0 Å². The van der Waals surface area contributed by atoms with Crippen LogP contribution in [0.4, 0.5) is 0 Å². The Kier molecular flexibility index (Phi) is 3.99. The standard InChI is InChI=1S/C15H18N2O3/c1-18-14-4-2-3-11(7-14)15-8-13(17-20-15)9-16-12-5-6-19-10-12/h2-4,7-8,12,16H,5-6,9-10H2,1H3. The minimum absolute atomic E-state index is 0.423. The molecule has 1 fully saturated rings. The first kappa shape index (κ1) is 13.1. The molecule has 1 aliphatic heterocycles. The summed E-state index contributed by atoms with van der Waals surface area (Å²) in [5, 5.41) is 7.50. The van der Waals surface area contributed by atoms with Gasteiger partial charge in [0.2, 0.25) is 0 Å². The molecule has 5 heteroatoms. The van der Waals surface area contributed by atoms with Gasteiger partial charge in [-0.25, -0.2) is 0 Å². The highest BCUT2D eigenvalue weighted by molar-refractivity contribution is 5.59. The van der Waals surface area contributed by atoms with Crippen LogP contribution in [0.3, 0.4) is 0 Å². The number of nitrogens with zero attached hydrogens (tertiary/aromatic N) is 1. The van der Waals surface area contributed by atoms with E-state index in [9.17, 15) is 0 Å². The van der Waals surface area contributed by atoms with E-state index in [0.717, 1.165) is 42.4 Å². The van der Waals surface area contributed by atoms with Gasteiger partial charge in [0.15, 0.2) is 5.76 Å². The fourth-order valence-electron chi connectivity index (χ4n) is 2.25. The number of rotatable bonds is 5. The summed E-state index contributed by atoms with van der Waals surface area (Å²) in [4.78, 5) is 0. The lowest BCUT2D eigenvalue weighted by Crippen LogP contribution is -2.28. The third kappa shape index (κ3) is 3.00. The van der Waals surface area contributed by atoms with Gasteiger partial charge in [0.1, 0.15) is 5.75 Å². The van der Waals surface area contributed by atoms with E-state index in [-0.39, 0.29) is 0 Å². The van der Waals surface area contributed by atoms with Gasteiger partial charge in [-0.2, -0.15) is 0 Å². The molecule has 0 amide bonds. The number of nitrogens with one attached hydrogen (secondary N) is 1. The molecule has 2 heterocycles. The van der Waals surface area contributed by atoms with E-state index in [0.29, 0.717) is 12.6 Å². The van der Waals surface area contributed by atoms with Crippen LogP contribution < -0.4 is 10.1 Å². The first-order valence-electron chi connectivity index (χ1n) is 6.76. The lowest BCUT2D eigenvalue weighted by atomic mass is 10.1. The number of hydrogen-bond donors (Lipinski definition) is 1. The molecule has 0 aliphatic carbocycles. The first-order valence-corrected chi connectivity index (χ1v) is 6.76. The number of hydrogen-bond acceptors (Lipinski definition) is 5. The lowest BCUT2D eigenvalue weighted by molar-refractivity contribution is 0.189. The number of ether oxygens (including phenoxy) is 2. The van der Waals surface area contributed by atoms with Gasteiger partial charge in [-0.1, -0.05) is 17.3 Å². The van der Waals surface area contributed by atoms with E-state index < -0.39 is 0 Å². The molecule has 1 atom stereocenters. The topological polar surface area (TPSA) is 56.5 Å². The second-order valence-electron chi connectivity index (χ2n) is 4.86. The van der Waals surface area contributed by atoms with Crippen molar-refractivity contribution >= 4 is 0 Å². The summed E-state index contributed by atoms with van der Waals surface area (Å²) in [5.41, 5.74) is 1.86. The normalized spacial score (nSPS) is 18.4. The van der Waals surface area contributed by atoms with Crippen molar-refractivity contribution in [2.75, 3.05) is 20.3 Å². The molecule has 0 bridgehead atoms. The Balaban J connectivity index is 1.66. The Bertz CT molecular complexity index is 562. The maximum atomic E-state index is 5.39. The van der Waals surface area contributed by atoms with Crippen LogP contribution in [0.25, 0.3) is 11.3 Å². The van der Waals surface area contributed by atoms with Crippen molar-refractivity contribution in [3.8, 4) is 17.1 Å². The molecule has 106 valence electrons. The quantitative estimate of drug-likeness (QED) is 0.906. The van der Waals surface area contributed by atoms with E-state index in [2.05, 4.69) is 10.5 Å². The van der Waals surface area contributed by atoms with Crippen LogP contribution in [-0.2, 0) is 11.3 Å². The van der Waals surface area contributed by atoms with Gasteiger partial charge >= 0.3 is 0 Å². The average Bonchev–Trinajstić information content (AvgIpc) is 3.16. The highest BCUT2D eigenvalue weighted by Crippen LogP contribution is 2.24. The summed E-state index contributed by atoms with van der Waals surface area (Å²) in [5.74, 6) is 1.56. The van der Waals surface area contributed by atoms with Crippen molar-refractivity contribution in [1.29, 1.82) is 0 Å². The third-order valence-electron chi connectivity index (χ3n) is 3.41. The summed E-state index contributed by atoms with van der Waals surface area (Å²) in [6, 6.07) is 10.1. The predicted octanol–water partition coefficient (Wildman–Crippen LogP) is 2.23. The lowest BCUT2D eigenvalue weighted by Gasteiger charge is -2.07. The van der Waals surface area contributed by atoms with Crippen molar-refractivity contribution in [3.05, 3.63) is 36.0 Å². The van der Waals surface area contributed by atoms with E-state index in [1.807, 2.05) is 30.3 Å².